The Labute approximate surface area is 85.0 Å². The fraction of sp³-hybridized carbons (Fsp3) is 0.500. The molecule has 1 heterocycles. The zero-order valence-corrected chi connectivity index (χ0v) is 8.75. The van der Waals surface area contributed by atoms with Crippen LogP contribution in [0.5, 0.6) is 0 Å². The molecule has 2 heteroatoms. The lowest BCUT2D eigenvalue weighted by Gasteiger charge is -2.16. The molecule has 2 nitrogen and oxygen atoms in total. The van der Waals surface area contributed by atoms with Crippen LogP contribution in [0.4, 0.5) is 5.69 Å². The topological polar surface area (TPSA) is 32.3 Å². The van der Waals surface area contributed by atoms with Crippen molar-refractivity contribution in [3.63, 3.8) is 0 Å². The molecule has 1 aliphatic rings. The molecule has 0 saturated carbocycles. The number of hydrogen-bond donors (Lipinski definition) is 2. The van der Waals surface area contributed by atoms with Gasteiger partial charge in [0.1, 0.15) is 0 Å². The third kappa shape index (κ3) is 1.30. The van der Waals surface area contributed by atoms with Gasteiger partial charge in [0.15, 0.2) is 0 Å². The highest BCUT2D eigenvalue weighted by Crippen LogP contribution is 2.39. The van der Waals surface area contributed by atoms with Crippen LogP contribution in [0.1, 0.15) is 30.4 Å². The molecular formula is C12H17NO. The normalized spacial score (nSPS) is 24.5. The Morgan fingerprint density at radius 2 is 2.21 bits per heavy atom. The van der Waals surface area contributed by atoms with Gasteiger partial charge in [-0.15, -0.1) is 0 Å². The molecule has 1 aliphatic heterocycles. The first-order valence-electron chi connectivity index (χ1n) is 5.24. The third-order valence-electron chi connectivity index (χ3n) is 3.16. The summed E-state index contributed by atoms with van der Waals surface area (Å²) in [6, 6.07) is 6.51. The number of fused-ring (bicyclic) bond motifs is 1. The Balaban J connectivity index is 2.43. The van der Waals surface area contributed by atoms with E-state index in [9.17, 15) is 5.11 Å². The van der Waals surface area contributed by atoms with E-state index in [0.29, 0.717) is 5.92 Å². The summed E-state index contributed by atoms with van der Waals surface area (Å²) in [6.45, 7) is 4.53. The van der Waals surface area contributed by atoms with E-state index in [2.05, 4.69) is 37.4 Å². The van der Waals surface area contributed by atoms with E-state index in [4.69, 9.17) is 0 Å². The molecule has 0 spiro atoms. The van der Waals surface area contributed by atoms with Crippen LogP contribution in [0, 0.1) is 6.92 Å². The molecule has 0 radical (unpaired) electrons. The van der Waals surface area contributed by atoms with Crippen LogP contribution in [0.2, 0.25) is 0 Å². The number of anilines is 1. The minimum atomic E-state index is 0.205. The maximum atomic E-state index is 9.27. The Hall–Kier alpha value is -1.02. The monoisotopic (exact) mass is 191 g/mol. The second-order valence-electron chi connectivity index (χ2n) is 3.98. The van der Waals surface area contributed by atoms with Gasteiger partial charge in [-0.2, -0.15) is 0 Å². The highest BCUT2D eigenvalue weighted by Gasteiger charge is 2.30. The van der Waals surface area contributed by atoms with Crippen LogP contribution in [-0.2, 0) is 0 Å². The van der Waals surface area contributed by atoms with Gasteiger partial charge in [-0.25, -0.2) is 0 Å². The van der Waals surface area contributed by atoms with Crippen LogP contribution in [0.25, 0.3) is 0 Å². The lowest BCUT2D eigenvalue weighted by Crippen LogP contribution is -2.24. The second-order valence-corrected chi connectivity index (χ2v) is 3.98. The van der Waals surface area contributed by atoms with Gasteiger partial charge in [0.05, 0.1) is 12.6 Å². The Bertz CT molecular complexity index is 335. The number of nitrogens with one attached hydrogen (secondary N) is 1. The van der Waals surface area contributed by atoms with E-state index in [0.717, 1.165) is 6.42 Å². The smallest absolute Gasteiger partial charge is 0.0638 e. The van der Waals surface area contributed by atoms with Gasteiger partial charge in [-0.1, -0.05) is 19.1 Å². The predicted octanol–water partition coefficient (Wildman–Crippen LogP) is 2.28. The predicted molar refractivity (Wildman–Crippen MR) is 58.7 cm³/mol. The van der Waals surface area contributed by atoms with Crippen LogP contribution >= 0.6 is 0 Å². The summed E-state index contributed by atoms with van der Waals surface area (Å²) in [7, 11) is 0. The summed E-state index contributed by atoms with van der Waals surface area (Å²) in [6.07, 6.45) is 1.08. The number of aliphatic hydroxyl groups is 1. The zero-order chi connectivity index (χ0) is 10.1. The van der Waals surface area contributed by atoms with Crippen molar-refractivity contribution in [3.8, 4) is 0 Å². The van der Waals surface area contributed by atoms with Crippen LogP contribution < -0.4 is 5.32 Å². The van der Waals surface area contributed by atoms with E-state index in [1.54, 1.807) is 0 Å². The molecule has 0 saturated heterocycles. The summed E-state index contributed by atoms with van der Waals surface area (Å²) >= 11 is 0. The van der Waals surface area contributed by atoms with Gasteiger partial charge in [-0.05, 0) is 30.5 Å². The molecule has 2 N–H and O–H groups in total. The molecule has 2 atom stereocenters. The van der Waals surface area contributed by atoms with Crippen molar-refractivity contribution in [3.05, 3.63) is 29.3 Å². The molecule has 0 aliphatic carbocycles. The summed E-state index contributed by atoms with van der Waals surface area (Å²) < 4.78 is 0. The van der Waals surface area contributed by atoms with Crippen LogP contribution in [0.3, 0.4) is 0 Å². The van der Waals surface area contributed by atoms with E-state index >= 15 is 0 Å². The van der Waals surface area contributed by atoms with Crippen molar-refractivity contribution in [2.75, 3.05) is 11.9 Å². The average molecular weight is 191 g/mol. The summed E-state index contributed by atoms with van der Waals surface area (Å²) in [5.74, 6) is 0.469. The molecular weight excluding hydrogens is 174 g/mol. The molecule has 0 bridgehead atoms. The fourth-order valence-corrected chi connectivity index (χ4v) is 2.46. The highest BCUT2D eigenvalue weighted by molar-refractivity contribution is 5.62. The molecule has 2 unspecified atom stereocenters. The van der Waals surface area contributed by atoms with Gasteiger partial charge < -0.3 is 10.4 Å². The third-order valence-corrected chi connectivity index (χ3v) is 3.16. The molecule has 0 amide bonds. The van der Waals surface area contributed by atoms with E-state index in [-0.39, 0.29) is 12.6 Å². The fourth-order valence-electron chi connectivity index (χ4n) is 2.46. The molecule has 1 aromatic carbocycles. The van der Waals surface area contributed by atoms with Crippen molar-refractivity contribution in [1.29, 1.82) is 0 Å². The maximum Gasteiger partial charge on any atom is 0.0638 e. The van der Waals surface area contributed by atoms with Crippen molar-refractivity contribution in [2.45, 2.75) is 32.2 Å². The standard InChI is InChI=1S/C12H17NO/c1-3-9-11(7-14)13-10-6-4-5-8(2)12(9)10/h4-6,9,11,13-14H,3,7H2,1-2H3. The Kier molecular flexibility index (Phi) is 2.46. The lowest BCUT2D eigenvalue weighted by atomic mass is 9.90. The molecule has 14 heavy (non-hydrogen) atoms. The van der Waals surface area contributed by atoms with Crippen molar-refractivity contribution >= 4 is 5.69 Å². The van der Waals surface area contributed by atoms with Gasteiger partial charge in [0, 0.05) is 11.6 Å². The van der Waals surface area contributed by atoms with Crippen molar-refractivity contribution < 1.29 is 5.11 Å². The molecule has 2 rings (SSSR count). The first kappa shape index (κ1) is 9.53. The quantitative estimate of drug-likeness (QED) is 0.751. The van der Waals surface area contributed by atoms with Crippen molar-refractivity contribution in [2.24, 2.45) is 0 Å². The highest BCUT2D eigenvalue weighted by atomic mass is 16.3. The van der Waals surface area contributed by atoms with E-state index in [1.807, 2.05) is 0 Å². The van der Waals surface area contributed by atoms with E-state index < -0.39 is 0 Å². The molecule has 76 valence electrons. The largest absolute Gasteiger partial charge is 0.394 e. The summed E-state index contributed by atoms with van der Waals surface area (Å²) in [5.41, 5.74) is 3.93. The SMILES string of the molecule is CCC1c2c(C)cccc2NC1CO. The number of hydrogen-bond acceptors (Lipinski definition) is 2. The van der Waals surface area contributed by atoms with Gasteiger partial charge >= 0.3 is 0 Å². The summed E-state index contributed by atoms with van der Waals surface area (Å²) in [4.78, 5) is 0. The average Bonchev–Trinajstić information content (AvgIpc) is 2.56. The minimum Gasteiger partial charge on any atom is -0.394 e. The van der Waals surface area contributed by atoms with Crippen LogP contribution in [0.15, 0.2) is 18.2 Å². The van der Waals surface area contributed by atoms with E-state index in [1.165, 1.54) is 16.8 Å². The molecule has 0 aromatic heterocycles. The first-order chi connectivity index (χ1) is 6.77. The molecule has 0 fully saturated rings. The molecule has 1 aromatic rings. The number of aryl methyl sites for hydroxylation is 1. The number of aliphatic hydroxyl groups excluding tert-OH is 1. The number of rotatable bonds is 2. The first-order valence-corrected chi connectivity index (χ1v) is 5.24. The van der Waals surface area contributed by atoms with Gasteiger partial charge in [-0.3, -0.25) is 0 Å². The lowest BCUT2D eigenvalue weighted by molar-refractivity contribution is 0.261. The second kappa shape index (κ2) is 3.62. The Morgan fingerprint density at radius 1 is 1.43 bits per heavy atom. The maximum absolute atomic E-state index is 9.27. The summed E-state index contributed by atoms with van der Waals surface area (Å²) in [5, 5.41) is 12.6. The van der Waals surface area contributed by atoms with Gasteiger partial charge in [0.25, 0.3) is 0 Å². The zero-order valence-electron chi connectivity index (χ0n) is 8.75. The minimum absolute atomic E-state index is 0.205. The van der Waals surface area contributed by atoms with Crippen LogP contribution in [-0.4, -0.2) is 17.8 Å². The number of benzene rings is 1. The Morgan fingerprint density at radius 3 is 2.86 bits per heavy atom. The van der Waals surface area contributed by atoms with Crippen molar-refractivity contribution in [1.82, 2.24) is 0 Å². The van der Waals surface area contributed by atoms with Gasteiger partial charge in [0.2, 0.25) is 0 Å².